The lowest BCUT2D eigenvalue weighted by atomic mass is 10.2. The van der Waals surface area contributed by atoms with Crippen molar-refractivity contribution in [3.05, 3.63) is 47.5 Å². The molecule has 0 saturated heterocycles. The van der Waals surface area contributed by atoms with Gasteiger partial charge in [0, 0.05) is 19.7 Å². The fraction of sp³-hybridized carbons (Fsp3) is 0.250. The summed E-state index contributed by atoms with van der Waals surface area (Å²) in [5, 5.41) is 2.86. The van der Waals surface area contributed by atoms with Crippen molar-refractivity contribution in [3.63, 3.8) is 0 Å². The molecule has 0 unspecified atom stereocenters. The van der Waals surface area contributed by atoms with Crippen LogP contribution in [0, 0.1) is 0 Å². The first-order chi connectivity index (χ1) is 15.3. The molecule has 0 bridgehead atoms. The number of nitrogens with one attached hydrogen (secondary N) is 2. The zero-order chi connectivity index (χ0) is 22.9. The number of hydrogen-bond donors (Lipinski definition) is 2. The summed E-state index contributed by atoms with van der Waals surface area (Å²) in [6.45, 7) is 0.541. The number of benzene rings is 2. The molecule has 4 aromatic rings. The van der Waals surface area contributed by atoms with Crippen LogP contribution in [0.25, 0.3) is 22.1 Å². The minimum atomic E-state index is -4.48. The Morgan fingerprint density at radius 1 is 1.12 bits per heavy atom. The van der Waals surface area contributed by atoms with Gasteiger partial charge in [0.25, 0.3) is 5.91 Å². The smallest absolute Gasteiger partial charge is 0.416 e. The predicted molar refractivity (Wildman–Crippen MR) is 108 cm³/mol. The van der Waals surface area contributed by atoms with E-state index in [4.69, 9.17) is 14.0 Å². The first-order valence-electron chi connectivity index (χ1n) is 9.38. The number of hydroxylamine groups is 1. The average Bonchev–Trinajstić information content (AvgIpc) is 3.30. The van der Waals surface area contributed by atoms with Gasteiger partial charge in [-0.1, -0.05) is 0 Å². The third-order valence-electron chi connectivity index (χ3n) is 4.63. The van der Waals surface area contributed by atoms with Gasteiger partial charge in [0.05, 0.1) is 29.8 Å². The van der Waals surface area contributed by atoms with Crippen molar-refractivity contribution in [2.24, 2.45) is 7.05 Å². The van der Waals surface area contributed by atoms with Crippen molar-refractivity contribution in [2.75, 3.05) is 25.6 Å². The van der Waals surface area contributed by atoms with Gasteiger partial charge in [-0.2, -0.15) is 18.2 Å². The monoisotopic (exact) mass is 449 g/mol. The highest BCUT2D eigenvalue weighted by Gasteiger charge is 2.31. The second kappa shape index (κ2) is 8.48. The molecule has 0 spiro atoms. The molecule has 2 aromatic heterocycles. The van der Waals surface area contributed by atoms with E-state index >= 15 is 0 Å². The van der Waals surface area contributed by atoms with Gasteiger partial charge >= 0.3 is 12.2 Å². The molecule has 0 aliphatic rings. The van der Waals surface area contributed by atoms with Crippen molar-refractivity contribution in [3.8, 4) is 0 Å². The van der Waals surface area contributed by atoms with Crippen molar-refractivity contribution in [1.82, 2.24) is 20.0 Å². The number of hydrogen-bond acceptors (Lipinski definition) is 7. The van der Waals surface area contributed by atoms with E-state index in [0.717, 1.165) is 12.1 Å². The lowest BCUT2D eigenvalue weighted by Crippen LogP contribution is -2.25. The van der Waals surface area contributed by atoms with Crippen molar-refractivity contribution in [1.29, 1.82) is 0 Å². The van der Waals surface area contributed by atoms with E-state index in [0.29, 0.717) is 29.2 Å². The minimum Gasteiger partial charge on any atom is -0.423 e. The third-order valence-corrected chi connectivity index (χ3v) is 4.63. The Hall–Kier alpha value is -3.64. The first-order valence-corrected chi connectivity index (χ1v) is 9.38. The fourth-order valence-electron chi connectivity index (χ4n) is 3.00. The highest BCUT2D eigenvalue weighted by Crippen LogP contribution is 2.32. The number of rotatable bonds is 7. The van der Waals surface area contributed by atoms with E-state index in [1.165, 1.54) is 13.2 Å². The molecule has 0 atom stereocenters. The number of carbonyl (C=O) groups is 1. The number of fused-ring (bicyclic) bond motifs is 2. The lowest BCUT2D eigenvalue weighted by molar-refractivity contribution is -0.137. The summed E-state index contributed by atoms with van der Waals surface area (Å²) in [4.78, 5) is 25.8. The molecular formula is C20H18F3N5O4. The fourth-order valence-corrected chi connectivity index (χ4v) is 3.00. The number of amides is 1. The predicted octanol–water partition coefficient (Wildman–Crippen LogP) is 3.78. The topological polar surface area (TPSA) is 103 Å². The number of halogens is 3. The molecule has 2 aromatic carbocycles. The summed E-state index contributed by atoms with van der Waals surface area (Å²) in [6, 6.07) is 7.96. The van der Waals surface area contributed by atoms with Crippen LogP contribution in [0.15, 0.2) is 40.8 Å². The van der Waals surface area contributed by atoms with E-state index < -0.39 is 17.6 Å². The molecule has 2 heterocycles. The number of ether oxygens (including phenoxy) is 1. The highest BCUT2D eigenvalue weighted by molar-refractivity contribution is 5.97. The van der Waals surface area contributed by atoms with Gasteiger partial charge in [0.2, 0.25) is 5.95 Å². The Morgan fingerprint density at radius 2 is 1.94 bits per heavy atom. The molecule has 0 aliphatic heterocycles. The number of nitrogens with zero attached hydrogens (tertiary/aromatic N) is 3. The maximum atomic E-state index is 12.9. The highest BCUT2D eigenvalue weighted by atomic mass is 19.4. The number of methoxy groups -OCH3 is 1. The molecule has 4 rings (SSSR count). The van der Waals surface area contributed by atoms with Gasteiger partial charge in [0.15, 0.2) is 5.58 Å². The number of alkyl halides is 3. The summed E-state index contributed by atoms with van der Waals surface area (Å²) >= 11 is 0. The zero-order valence-corrected chi connectivity index (χ0v) is 17.0. The summed E-state index contributed by atoms with van der Waals surface area (Å²) in [7, 11) is 3.25. The third kappa shape index (κ3) is 4.36. The maximum Gasteiger partial charge on any atom is 0.416 e. The van der Waals surface area contributed by atoms with Crippen LogP contribution in [-0.2, 0) is 22.8 Å². The quantitative estimate of drug-likeness (QED) is 0.327. The maximum absolute atomic E-state index is 12.9. The number of anilines is 2. The van der Waals surface area contributed by atoms with Crippen LogP contribution < -0.4 is 10.8 Å². The number of oxazole rings is 1. The molecule has 0 aliphatic carbocycles. The Balaban J connectivity index is 1.55. The van der Waals surface area contributed by atoms with Gasteiger partial charge in [-0.25, -0.2) is 10.5 Å². The second-order valence-corrected chi connectivity index (χ2v) is 6.79. The molecule has 0 radical (unpaired) electrons. The summed E-state index contributed by atoms with van der Waals surface area (Å²) in [5.74, 6) is -0.112. The number of aromatic nitrogens is 3. The van der Waals surface area contributed by atoms with Gasteiger partial charge in [0.1, 0.15) is 5.52 Å². The van der Waals surface area contributed by atoms with Gasteiger partial charge in [-0.3, -0.25) is 14.9 Å². The Labute approximate surface area is 179 Å². The van der Waals surface area contributed by atoms with Gasteiger partial charge in [-0.15, -0.1) is 0 Å². The van der Waals surface area contributed by atoms with E-state index in [-0.39, 0.29) is 23.7 Å². The minimum absolute atomic E-state index is 0.00600. The van der Waals surface area contributed by atoms with Gasteiger partial charge in [-0.05, 0) is 36.4 Å². The molecule has 9 nitrogen and oxygen atoms in total. The Morgan fingerprint density at radius 3 is 2.69 bits per heavy atom. The molecule has 168 valence electrons. The molecule has 1 amide bonds. The van der Waals surface area contributed by atoms with Crippen molar-refractivity contribution >= 4 is 40.0 Å². The van der Waals surface area contributed by atoms with Gasteiger partial charge < -0.3 is 13.7 Å². The van der Waals surface area contributed by atoms with Crippen LogP contribution in [0.1, 0.15) is 15.9 Å². The van der Waals surface area contributed by atoms with Crippen molar-refractivity contribution < 1.29 is 32.0 Å². The molecule has 12 heteroatoms. The normalized spacial score (nSPS) is 11.9. The largest absolute Gasteiger partial charge is 0.423 e. The van der Waals surface area contributed by atoms with Crippen molar-refractivity contribution in [2.45, 2.75) is 6.18 Å². The standard InChI is InChI=1S/C20H18F3N5O4/c1-28-15-6-3-11(17(29)27-31-8-7-30-2)9-14(15)24-18(28)26-19-25-13-5-4-12(20(21,22)23)10-16(13)32-19/h3-6,9-10H,7-8H2,1-2H3,(H,27,29)(H,24,25,26). The number of imidazole rings is 1. The first kappa shape index (κ1) is 21.6. The SMILES string of the molecule is COCCONC(=O)c1ccc2c(c1)nc(Nc1nc3ccc(C(F)(F)F)cc3o1)n2C. The Kier molecular flexibility index (Phi) is 5.72. The number of carbonyl (C=O) groups excluding carboxylic acids is 1. The molecule has 0 fully saturated rings. The average molecular weight is 449 g/mol. The summed E-state index contributed by atoms with van der Waals surface area (Å²) in [5.41, 5.74) is 3.30. The zero-order valence-electron chi connectivity index (χ0n) is 17.0. The molecule has 0 saturated carbocycles. The molecule has 32 heavy (non-hydrogen) atoms. The summed E-state index contributed by atoms with van der Waals surface area (Å²) < 4.78 is 50.6. The van der Waals surface area contributed by atoms with E-state index in [2.05, 4.69) is 20.8 Å². The summed E-state index contributed by atoms with van der Waals surface area (Å²) in [6.07, 6.45) is -4.48. The Bertz CT molecular complexity index is 1280. The number of aryl methyl sites for hydroxylation is 1. The van der Waals surface area contributed by atoms with Crippen LogP contribution >= 0.6 is 0 Å². The molecular weight excluding hydrogens is 431 g/mol. The lowest BCUT2D eigenvalue weighted by Gasteiger charge is -2.05. The van der Waals surface area contributed by atoms with E-state index in [9.17, 15) is 18.0 Å². The molecule has 2 N–H and O–H groups in total. The van der Waals surface area contributed by atoms with E-state index in [1.807, 2.05) is 0 Å². The van der Waals surface area contributed by atoms with Crippen LogP contribution in [-0.4, -0.2) is 40.8 Å². The van der Waals surface area contributed by atoms with Crippen LogP contribution in [0.3, 0.4) is 0 Å². The van der Waals surface area contributed by atoms with Crippen LogP contribution in [0.4, 0.5) is 25.1 Å². The van der Waals surface area contributed by atoms with Crippen LogP contribution in [0.5, 0.6) is 0 Å². The second-order valence-electron chi connectivity index (χ2n) is 6.79. The van der Waals surface area contributed by atoms with Crippen LogP contribution in [0.2, 0.25) is 0 Å². The van der Waals surface area contributed by atoms with E-state index in [1.54, 1.807) is 29.8 Å².